The first-order valence-electron chi connectivity index (χ1n) is 4.02. The van der Waals surface area contributed by atoms with E-state index in [2.05, 4.69) is 0 Å². The molecule has 1 amide bonds. The summed E-state index contributed by atoms with van der Waals surface area (Å²) in [5, 5.41) is 8.82. The van der Waals surface area contributed by atoms with E-state index in [1.165, 1.54) is 0 Å². The zero-order valence-electron chi connectivity index (χ0n) is 7.76. The number of primary amides is 1. The summed E-state index contributed by atoms with van der Waals surface area (Å²) in [7, 11) is 0. The minimum absolute atomic E-state index is 0.282. The van der Waals surface area contributed by atoms with Crippen LogP contribution in [0.25, 0.3) is 0 Å². The number of carbonyl (C=O) groups is 1. The lowest BCUT2D eigenvalue weighted by atomic mass is 9.91. The van der Waals surface area contributed by atoms with Crippen LogP contribution in [0.3, 0.4) is 0 Å². The van der Waals surface area contributed by atoms with Crippen LogP contribution in [0.5, 0.6) is 0 Å². The lowest BCUT2D eigenvalue weighted by Gasteiger charge is -2.29. The number of rotatable bonds is 1. The number of hydrogen-bond acceptors (Lipinski definition) is 3. The number of nitrogens with two attached hydrogens (primary N) is 1. The van der Waals surface area contributed by atoms with E-state index >= 15 is 0 Å². The van der Waals surface area contributed by atoms with E-state index in [-0.39, 0.29) is 6.42 Å². The molecule has 0 aromatic carbocycles. The predicted molar refractivity (Wildman–Crippen MR) is 46.5 cm³/mol. The van der Waals surface area contributed by atoms with Gasteiger partial charge in [0.15, 0.2) is 0 Å². The number of carbonyl (C=O) groups excluding carboxylic acids is 1. The van der Waals surface area contributed by atoms with Crippen LogP contribution in [-0.2, 0) is 9.53 Å². The molecule has 0 bridgehead atoms. The number of nitrogens with zero attached hydrogens (tertiary/aromatic N) is 1. The molecule has 1 atom stereocenters. The zero-order valence-corrected chi connectivity index (χ0v) is 7.76. The van der Waals surface area contributed by atoms with Crippen molar-refractivity contribution in [2.24, 2.45) is 5.73 Å². The van der Waals surface area contributed by atoms with E-state index in [0.29, 0.717) is 6.61 Å². The molecule has 0 aromatic heterocycles. The largest absolute Gasteiger partial charge is 0.366 e. The SMILES string of the molecule is CC1=C(C)CC(C#N)(C(N)=O)OC1. The molecule has 0 spiro atoms. The van der Waals surface area contributed by atoms with Gasteiger partial charge < -0.3 is 10.5 Å². The number of nitriles is 1. The first-order valence-corrected chi connectivity index (χ1v) is 4.02. The summed E-state index contributed by atoms with van der Waals surface area (Å²) in [4.78, 5) is 11.0. The molecule has 2 N–H and O–H groups in total. The topological polar surface area (TPSA) is 76.1 Å². The van der Waals surface area contributed by atoms with Crippen LogP contribution >= 0.6 is 0 Å². The van der Waals surface area contributed by atoms with E-state index in [9.17, 15) is 4.79 Å². The summed E-state index contributed by atoms with van der Waals surface area (Å²) in [6.45, 7) is 4.10. The molecule has 1 aliphatic rings. The van der Waals surface area contributed by atoms with E-state index in [1.807, 2.05) is 19.9 Å². The summed E-state index contributed by atoms with van der Waals surface area (Å²) in [6, 6.07) is 1.84. The van der Waals surface area contributed by atoms with Gasteiger partial charge in [-0.2, -0.15) is 5.26 Å². The highest BCUT2D eigenvalue weighted by atomic mass is 16.5. The molecule has 1 unspecified atom stereocenters. The monoisotopic (exact) mass is 180 g/mol. The fraction of sp³-hybridized carbons (Fsp3) is 0.556. The van der Waals surface area contributed by atoms with Crippen molar-refractivity contribution in [2.75, 3.05) is 6.61 Å². The Morgan fingerprint density at radius 2 is 2.23 bits per heavy atom. The minimum Gasteiger partial charge on any atom is -0.366 e. The Balaban J connectivity index is 2.99. The summed E-state index contributed by atoms with van der Waals surface area (Å²) in [5.41, 5.74) is 5.74. The van der Waals surface area contributed by atoms with E-state index in [4.69, 9.17) is 15.7 Å². The van der Waals surface area contributed by atoms with Gasteiger partial charge in [-0.25, -0.2) is 0 Å². The molecule has 4 heteroatoms. The third-order valence-electron chi connectivity index (χ3n) is 2.36. The number of hydrogen-bond donors (Lipinski definition) is 1. The molecule has 13 heavy (non-hydrogen) atoms. The Hall–Kier alpha value is -1.34. The van der Waals surface area contributed by atoms with Gasteiger partial charge in [0, 0.05) is 6.42 Å². The molecular weight excluding hydrogens is 168 g/mol. The summed E-state index contributed by atoms with van der Waals surface area (Å²) < 4.78 is 5.17. The molecule has 1 rings (SSSR count). The molecule has 0 saturated heterocycles. The molecule has 70 valence electrons. The maximum Gasteiger partial charge on any atom is 0.264 e. The van der Waals surface area contributed by atoms with Crippen molar-refractivity contribution < 1.29 is 9.53 Å². The first-order chi connectivity index (χ1) is 6.02. The predicted octanol–water partition coefficient (Wildman–Crippen LogP) is 0.491. The van der Waals surface area contributed by atoms with Gasteiger partial charge in [-0.15, -0.1) is 0 Å². The Bertz CT molecular complexity index is 314. The molecule has 0 fully saturated rings. The van der Waals surface area contributed by atoms with Gasteiger partial charge >= 0.3 is 0 Å². The van der Waals surface area contributed by atoms with Crippen molar-refractivity contribution in [2.45, 2.75) is 25.9 Å². The Morgan fingerprint density at radius 3 is 2.62 bits per heavy atom. The van der Waals surface area contributed by atoms with Gasteiger partial charge in [-0.1, -0.05) is 5.57 Å². The Labute approximate surface area is 77.0 Å². The maximum absolute atomic E-state index is 11.0. The fourth-order valence-corrected chi connectivity index (χ4v) is 1.22. The Morgan fingerprint density at radius 1 is 1.62 bits per heavy atom. The van der Waals surface area contributed by atoms with Gasteiger partial charge in [-0.05, 0) is 19.4 Å². The van der Waals surface area contributed by atoms with Crippen LogP contribution in [0.4, 0.5) is 0 Å². The summed E-state index contributed by atoms with van der Waals surface area (Å²) in [6.07, 6.45) is 0.282. The average molecular weight is 180 g/mol. The fourth-order valence-electron chi connectivity index (χ4n) is 1.22. The van der Waals surface area contributed by atoms with Gasteiger partial charge in [0.1, 0.15) is 6.07 Å². The second kappa shape index (κ2) is 3.19. The van der Waals surface area contributed by atoms with Crippen LogP contribution in [0, 0.1) is 11.3 Å². The summed E-state index contributed by atoms with van der Waals surface area (Å²) in [5.74, 6) is -0.707. The quantitative estimate of drug-likeness (QED) is 0.596. The molecule has 4 nitrogen and oxygen atoms in total. The standard InChI is InChI=1S/C9H12N2O2/c1-6-3-9(5-10,8(11)12)13-4-7(6)2/h3-4H2,1-2H3,(H2,11,12). The normalized spacial score (nSPS) is 28.4. The second-order valence-electron chi connectivity index (χ2n) is 3.33. The van der Waals surface area contributed by atoms with Crippen molar-refractivity contribution in [3.63, 3.8) is 0 Å². The van der Waals surface area contributed by atoms with Gasteiger partial charge in [0.05, 0.1) is 6.61 Å². The lowest BCUT2D eigenvalue weighted by molar-refractivity contribution is -0.136. The molecule has 0 saturated carbocycles. The van der Waals surface area contributed by atoms with Crippen molar-refractivity contribution in [1.82, 2.24) is 0 Å². The Kier molecular flexibility index (Phi) is 2.39. The smallest absolute Gasteiger partial charge is 0.264 e. The molecule has 0 radical (unpaired) electrons. The number of ether oxygens (including phenoxy) is 1. The third-order valence-corrected chi connectivity index (χ3v) is 2.36. The van der Waals surface area contributed by atoms with Crippen LogP contribution < -0.4 is 5.73 Å². The van der Waals surface area contributed by atoms with Crippen LogP contribution in [-0.4, -0.2) is 18.1 Å². The third kappa shape index (κ3) is 1.56. The molecule has 1 aliphatic heterocycles. The zero-order chi connectivity index (χ0) is 10.1. The van der Waals surface area contributed by atoms with E-state index in [0.717, 1.165) is 11.1 Å². The van der Waals surface area contributed by atoms with Crippen molar-refractivity contribution in [1.29, 1.82) is 5.26 Å². The van der Waals surface area contributed by atoms with Crippen molar-refractivity contribution in [3.05, 3.63) is 11.1 Å². The van der Waals surface area contributed by atoms with Gasteiger partial charge in [0.2, 0.25) is 5.60 Å². The average Bonchev–Trinajstić information content (AvgIpc) is 2.09. The molecule has 0 aliphatic carbocycles. The molecule has 0 aromatic rings. The lowest BCUT2D eigenvalue weighted by Crippen LogP contribution is -2.47. The molecule has 1 heterocycles. The van der Waals surface area contributed by atoms with Crippen molar-refractivity contribution >= 4 is 5.91 Å². The van der Waals surface area contributed by atoms with E-state index < -0.39 is 11.5 Å². The highest BCUT2D eigenvalue weighted by Gasteiger charge is 2.41. The first kappa shape index (κ1) is 9.75. The summed E-state index contributed by atoms with van der Waals surface area (Å²) >= 11 is 0. The van der Waals surface area contributed by atoms with Gasteiger partial charge in [-0.3, -0.25) is 4.79 Å². The highest BCUT2D eigenvalue weighted by molar-refractivity contribution is 5.87. The van der Waals surface area contributed by atoms with Crippen LogP contribution in [0.15, 0.2) is 11.1 Å². The van der Waals surface area contributed by atoms with Crippen molar-refractivity contribution in [3.8, 4) is 6.07 Å². The minimum atomic E-state index is -1.44. The van der Waals surface area contributed by atoms with Gasteiger partial charge in [0.25, 0.3) is 5.91 Å². The maximum atomic E-state index is 11.0. The molecular formula is C9H12N2O2. The number of amides is 1. The second-order valence-corrected chi connectivity index (χ2v) is 3.33. The highest BCUT2D eigenvalue weighted by Crippen LogP contribution is 2.28. The van der Waals surface area contributed by atoms with Crippen LogP contribution in [0.1, 0.15) is 20.3 Å². The van der Waals surface area contributed by atoms with Crippen LogP contribution in [0.2, 0.25) is 0 Å². The van der Waals surface area contributed by atoms with E-state index in [1.54, 1.807) is 0 Å².